The van der Waals surface area contributed by atoms with E-state index >= 15 is 0 Å². The first-order valence-electron chi connectivity index (χ1n) is 5.29. The van der Waals surface area contributed by atoms with Crippen molar-refractivity contribution in [2.75, 3.05) is 0 Å². The van der Waals surface area contributed by atoms with E-state index in [0.29, 0.717) is 5.75 Å². The lowest BCUT2D eigenvalue weighted by molar-refractivity contribution is -0.123. The van der Waals surface area contributed by atoms with E-state index in [1.165, 1.54) is 0 Å². The van der Waals surface area contributed by atoms with Gasteiger partial charge in [-0.25, -0.2) is 0 Å². The number of benzene rings is 1. The maximum Gasteiger partial charge on any atom is 0.258 e. The van der Waals surface area contributed by atoms with Crippen LogP contribution in [0, 0.1) is 0 Å². The molecule has 0 aromatic heterocycles. The van der Waals surface area contributed by atoms with Crippen molar-refractivity contribution in [2.24, 2.45) is 11.5 Å². The second-order valence-electron chi connectivity index (χ2n) is 3.99. The van der Waals surface area contributed by atoms with E-state index in [1.807, 2.05) is 25.1 Å². The van der Waals surface area contributed by atoms with Gasteiger partial charge in [-0.3, -0.25) is 4.79 Å². The maximum absolute atomic E-state index is 10.8. The van der Waals surface area contributed by atoms with Crippen molar-refractivity contribution < 1.29 is 9.53 Å². The van der Waals surface area contributed by atoms with Crippen molar-refractivity contribution >= 4 is 5.91 Å². The molecule has 4 N–H and O–H groups in total. The van der Waals surface area contributed by atoms with Gasteiger partial charge in [0.05, 0.1) is 0 Å². The lowest BCUT2D eigenvalue weighted by Gasteiger charge is -2.12. The molecule has 0 bridgehead atoms. The minimum atomic E-state index is -0.620. The summed E-state index contributed by atoms with van der Waals surface area (Å²) in [4.78, 5) is 10.8. The van der Waals surface area contributed by atoms with Gasteiger partial charge in [0.25, 0.3) is 5.91 Å². The van der Waals surface area contributed by atoms with E-state index < -0.39 is 12.0 Å². The summed E-state index contributed by atoms with van der Waals surface area (Å²) in [6.07, 6.45) is 0.160. The molecule has 4 heteroatoms. The van der Waals surface area contributed by atoms with Crippen LogP contribution >= 0.6 is 0 Å². The first-order valence-corrected chi connectivity index (χ1v) is 5.29. The van der Waals surface area contributed by atoms with Crippen molar-refractivity contribution in [1.29, 1.82) is 0 Å². The molecule has 2 unspecified atom stereocenters. The summed E-state index contributed by atoms with van der Waals surface area (Å²) >= 11 is 0. The fourth-order valence-corrected chi connectivity index (χ4v) is 1.38. The van der Waals surface area contributed by atoms with Gasteiger partial charge >= 0.3 is 0 Å². The fourth-order valence-electron chi connectivity index (χ4n) is 1.38. The number of carbonyl (C=O) groups excluding carboxylic acids is 1. The van der Waals surface area contributed by atoms with Crippen LogP contribution < -0.4 is 16.2 Å². The summed E-state index contributed by atoms with van der Waals surface area (Å²) in [6.45, 7) is 3.57. The van der Waals surface area contributed by atoms with Crippen LogP contribution in [0.2, 0.25) is 0 Å². The molecule has 1 aromatic carbocycles. The zero-order valence-corrected chi connectivity index (χ0v) is 9.64. The normalized spacial score (nSPS) is 14.2. The Kier molecular flexibility index (Phi) is 4.31. The fraction of sp³-hybridized carbons (Fsp3) is 0.417. The zero-order valence-electron chi connectivity index (χ0n) is 9.64. The second-order valence-corrected chi connectivity index (χ2v) is 3.99. The third-order valence-electron chi connectivity index (χ3n) is 2.17. The second kappa shape index (κ2) is 5.51. The van der Waals surface area contributed by atoms with Gasteiger partial charge in [-0.15, -0.1) is 0 Å². The van der Waals surface area contributed by atoms with Crippen LogP contribution in [0.15, 0.2) is 24.3 Å². The molecule has 0 spiro atoms. The number of hydrogen-bond acceptors (Lipinski definition) is 3. The molecule has 0 fully saturated rings. The number of primary amides is 1. The van der Waals surface area contributed by atoms with Crippen LogP contribution in [0.4, 0.5) is 0 Å². The molecule has 0 aliphatic rings. The number of ether oxygens (including phenoxy) is 1. The van der Waals surface area contributed by atoms with Gasteiger partial charge in [0.15, 0.2) is 6.10 Å². The van der Waals surface area contributed by atoms with Gasteiger partial charge in [0.1, 0.15) is 5.75 Å². The monoisotopic (exact) mass is 222 g/mol. The first kappa shape index (κ1) is 12.5. The van der Waals surface area contributed by atoms with E-state index in [-0.39, 0.29) is 6.04 Å². The summed E-state index contributed by atoms with van der Waals surface area (Å²) in [5.74, 6) is 0.169. The Balaban J connectivity index is 2.70. The highest BCUT2D eigenvalue weighted by molar-refractivity contribution is 5.78. The van der Waals surface area contributed by atoms with E-state index in [4.69, 9.17) is 16.2 Å². The SMILES string of the molecule is CC(N)Cc1cccc(OC(C)C(N)=O)c1. The molecule has 0 saturated carbocycles. The average molecular weight is 222 g/mol. The van der Waals surface area contributed by atoms with Crippen LogP contribution in [0.3, 0.4) is 0 Å². The Hall–Kier alpha value is -1.55. The maximum atomic E-state index is 10.8. The van der Waals surface area contributed by atoms with Crippen molar-refractivity contribution in [1.82, 2.24) is 0 Å². The summed E-state index contributed by atoms with van der Waals surface area (Å²) in [5.41, 5.74) is 11.9. The average Bonchev–Trinajstić information content (AvgIpc) is 2.16. The Labute approximate surface area is 95.6 Å². The van der Waals surface area contributed by atoms with Gasteiger partial charge in [-0.05, 0) is 38.0 Å². The molecule has 1 rings (SSSR count). The summed E-state index contributed by atoms with van der Waals surface area (Å²) in [6, 6.07) is 7.63. The molecule has 0 saturated heterocycles. The first-order chi connectivity index (χ1) is 7.49. The Morgan fingerprint density at radius 2 is 2.12 bits per heavy atom. The molecular formula is C12H18N2O2. The number of nitrogens with two attached hydrogens (primary N) is 2. The molecule has 0 aliphatic carbocycles. The van der Waals surface area contributed by atoms with Crippen LogP contribution in [-0.4, -0.2) is 18.1 Å². The van der Waals surface area contributed by atoms with Crippen LogP contribution in [-0.2, 0) is 11.2 Å². The third kappa shape index (κ3) is 3.90. The molecule has 1 aromatic rings. The Morgan fingerprint density at radius 1 is 1.44 bits per heavy atom. The molecule has 2 atom stereocenters. The Morgan fingerprint density at radius 3 is 2.69 bits per heavy atom. The quantitative estimate of drug-likeness (QED) is 0.774. The number of amides is 1. The largest absolute Gasteiger partial charge is 0.481 e. The standard InChI is InChI=1S/C12H18N2O2/c1-8(13)6-10-4-3-5-11(7-10)16-9(2)12(14)15/h3-5,7-9H,6,13H2,1-2H3,(H2,14,15). The third-order valence-corrected chi connectivity index (χ3v) is 2.17. The van der Waals surface area contributed by atoms with Crippen LogP contribution in [0.1, 0.15) is 19.4 Å². The van der Waals surface area contributed by atoms with Crippen molar-refractivity contribution in [3.63, 3.8) is 0 Å². The highest BCUT2D eigenvalue weighted by Gasteiger charge is 2.10. The predicted octanol–water partition coefficient (Wildman–Crippen LogP) is 0.829. The lowest BCUT2D eigenvalue weighted by atomic mass is 10.1. The molecular weight excluding hydrogens is 204 g/mol. The molecule has 0 aliphatic heterocycles. The zero-order chi connectivity index (χ0) is 12.1. The number of hydrogen-bond donors (Lipinski definition) is 2. The van der Waals surface area contributed by atoms with E-state index in [9.17, 15) is 4.79 Å². The molecule has 16 heavy (non-hydrogen) atoms. The highest BCUT2D eigenvalue weighted by Crippen LogP contribution is 2.15. The van der Waals surface area contributed by atoms with E-state index in [2.05, 4.69) is 0 Å². The summed E-state index contributed by atoms with van der Waals surface area (Å²) in [5, 5.41) is 0. The lowest BCUT2D eigenvalue weighted by Crippen LogP contribution is -2.30. The molecule has 4 nitrogen and oxygen atoms in total. The van der Waals surface area contributed by atoms with Gasteiger partial charge in [-0.1, -0.05) is 12.1 Å². The number of carbonyl (C=O) groups is 1. The topological polar surface area (TPSA) is 78.3 Å². The smallest absolute Gasteiger partial charge is 0.258 e. The molecule has 88 valence electrons. The number of rotatable bonds is 5. The van der Waals surface area contributed by atoms with Crippen molar-refractivity contribution in [3.8, 4) is 5.75 Å². The van der Waals surface area contributed by atoms with Crippen molar-refractivity contribution in [3.05, 3.63) is 29.8 Å². The summed E-state index contributed by atoms with van der Waals surface area (Å²) < 4.78 is 5.38. The molecule has 0 heterocycles. The van der Waals surface area contributed by atoms with Crippen LogP contribution in [0.25, 0.3) is 0 Å². The van der Waals surface area contributed by atoms with Crippen LogP contribution in [0.5, 0.6) is 5.75 Å². The Bertz CT molecular complexity index is 364. The highest BCUT2D eigenvalue weighted by atomic mass is 16.5. The molecule has 1 amide bonds. The summed E-state index contributed by atoms with van der Waals surface area (Å²) in [7, 11) is 0. The predicted molar refractivity (Wildman–Crippen MR) is 63.1 cm³/mol. The van der Waals surface area contributed by atoms with E-state index in [0.717, 1.165) is 12.0 Å². The van der Waals surface area contributed by atoms with Gasteiger partial charge < -0.3 is 16.2 Å². The minimum Gasteiger partial charge on any atom is -0.481 e. The van der Waals surface area contributed by atoms with Crippen molar-refractivity contribution in [2.45, 2.75) is 32.4 Å². The van der Waals surface area contributed by atoms with Gasteiger partial charge in [0.2, 0.25) is 0 Å². The van der Waals surface area contributed by atoms with Gasteiger partial charge in [0, 0.05) is 6.04 Å². The minimum absolute atomic E-state index is 0.101. The molecule has 0 radical (unpaired) electrons. The van der Waals surface area contributed by atoms with Gasteiger partial charge in [-0.2, -0.15) is 0 Å². The van der Waals surface area contributed by atoms with E-state index in [1.54, 1.807) is 13.0 Å².